The molecule has 0 aliphatic carbocycles. The Labute approximate surface area is 170 Å². The number of hydrogen-bond donors (Lipinski definition) is 1. The number of rotatable bonds is 8. The Kier molecular flexibility index (Phi) is 6.80. The van der Waals surface area contributed by atoms with Gasteiger partial charge in [-0.05, 0) is 39.5 Å². The Balaban J connectivity index is 1.50. The van der Waals surface area contributed by atoms with Gasteiger partial charge in [-0.1, -0.05) is 24.3 Å². The predicted octanol–water partition coefficient (Wildman–Crippen LogP) is 2.53. The van der Waals surface area contributed by atoms with Gasteiger partial charge in [0.2, 0.25) is 11.8 Å². The second-order valence-electron chi connectivity index (χ2n) is 7.57. The fourth-order valence-corrected chi connectivity index (χ4v) is 4.30. The number of thiazole rings is 1. The van der Waals surface area contributed by atoms with Crippen molar-refractivity contribution in [3.63, 3.8) is 0 Å². The third kappa shape index (κ3) is 5.17. The molecule has 0 spiro atoms. The molecule has 1 N–H and O–H groups in total. The molecule has 1 aliphatic rings. The highest BCUT2D eigenvalue weighted by atomic mass is 32.1. The maximum Gasteiger partial charge on any atom is 0.225 e. The van der Waals surface area contributed by atoms with E-state index in [2.05, 4.69) is 34.3 Å². The summed E-state index contributed by atoms with van der Waals surface area (Å²) in [6.45, 7) is 4.64. The molecule has 2 aromatic rings. The summed E-state index contributed by atoms with van der Waals surface area (Å²) in [7, 11) is 4.04. The largest absolute Gasteiger partial charge is 0.350 e. The second kappa shape index (κ2) is 9.30. The van der Waals surface area contributed by atoms with Gasteiger partial charge in [-0.2, -0.15) is 0 Å². The van der Waals surface area contributed by atoms with Crippen LogP contribution in [0, 0.1) is 12.8 Å². The molecule has 2 heterocycles. The first-order valence-electron chi connectivity index (χ1n) is 9.64. The molecule has 150 valence electrons. The molecule has 7 heteroatoms. The molecule has 1 fully saturated rings. The molecule has 0 bridgehead atoms. The summed E-state index contributed by atoms with van der Waals surface area (Å²) in [5.74, 6) is -0.246. The Morgan fingerprint density at radius 2 is 2.14 bits per heavy atom. The van der Waals surface area contributed by atoms with Crippen LogP contribution in [-0.4, -0.2) is 60.3 Å². The maximum absolute atomic E-state index is 12.5. The SMILES string of the molecule is Cc1ccccc1-c1nc(CNC(=O)C2CC(=O)N(CCCN(C)C)C2)cs1. The van der Waals surface area contributed by atoms with Crippen LogP contribution in [0.3, 0.4) is 0 Å². The minimum Gasteiger partial charge on any atom is -0.350 e. The van der Waals surface area contributed by atoms with E-state index in [4.69, 9.17) is 0 Å². The smallest absolute Gasteiger partial charge is 0.225 e. The van der Waals surface area contributed by atoms with E-state index in [1.165, 1.54) is 5.56 Å². The Hall–Kier alpha value is -2.25. The highest BCUT2D eigenvalue weighted by Gasteiger charge is 2.33. The number of carbonyl (C=O) groups is 2. The van der Waals surface area contributed by atoms with E-state index in [0.29, 0.717) is 26.1 Å². The van der Waals surface area contributed by atoms with E-state index in [-0.39, 0.29) is 17.7 Å². The zero-order valence-corrected chi connectivity index (χ0v) is 17.6. The minimum absolute atomic E-state index is 0.0612. The highest BCUT2D eigenvalue weighted by molar-refractivity contribution is 7.13. The lowest BCUT2D eigenvalue weighted by Crippen LogP contribution is -2.33. The molecular formula is C21H28N4O2S. The molecule has 1 aromatic heterocycles. The van der Waals surface area contributed by atoms with Gasteiger partial charge in [-0.3, -0.25) is 9.59 Å². The summed E-state index contributed by atoms with van der Waals surface area (Å²) in [5, 5.41) is 5.90. The first-order chi connectivity index (χ1) is 13.4. The number of aromatic nitrogens is 1. The fourth-order valence-electron chi connectivity index (χ4n) is 3.39. The van der Waals surface area contributed by atoms with Crippen molar-refractivity contribution in [3.05, 3.63) is 40.9 Å². The van der Waals surface area contributed by atoms with Gasteiger partial charge in [0.05, 0.1) is 18.2 Å². The molecular weight excluding hydrogens is 372 g/mol. The average Bonchev–Trinajstić information content (AvgIpc) is 3.27. The van der Waals surface area contributed by atoms with Crippen LogP contribution in [0.15, 0.2) is 29.6 Å². The molecule has 0 saturated carbocycles. The van der Waals surface area contributed by atoms with Crippen molar-refractivity contribution in [2.75, 3.05) is 33.7 Å². The lowest BCUT2D eigenvalue weighted by atomic mass is 10.1. The van der Waals surface area contributed by atoms with Gasteiger partial charge in [-0.25, -0.2) is 4.98 Å². The van der Waals surface area contributed by atoms with Crippen molar-refractivity contribution in [2.24, 2.45) is 5.92 Å². The number of amides is 2. The van der Waals surface area contributed by atoms with Gasteiger partial charge < -0.3 is 15.1 Å². The van der Waals surface area contributed by atoms with Gasteiger partial charge in [0.15, 0.2) is 0 Å². The molecule has 1 aromatic carbocycles. The van der Waals surface area contributed by atoms with Gasteiger partial charge in [-0.15, -0.1) is 11.3 Å². The first kappa shape index (κ1) is 20.5. The summed E-state index contributed by atoms with van der Waals surface area (Å²) in [6, 6.07) is 8.15. The van der Waals surface area contributed by atoms with Crippen molar-refractivity contribution in [2.45, 2.75) is 26.3 Å². The molecule has 6 nitrogen and oxygen atoms in total. The number of hydrogen-bond acceptors (Lipinski definition) is 5. The van der Waals surface area contributed by atoms with Crippen LogP contribution in [0.5, 0.6) is 0 Å². The van der Waals surface area contributed by atoms with E-state index in [1.807, 2.05) is 36.5 Å². The van der Waals surface area contributed by atoms with Crippen molar-refractivity contribution >= 4 is 23.2 Å². The van der Waals surface area contributed by atoms with E-state index < -0.39 is 0 Å². The van der Waals surface area contributed by atoms with Crippen LogP contribution in [0.4, 0.5) is 0 Å². The van der Waals surface area contributed by atoms with Crippen LogP contribution in [0.25, 0.3) is 10.6 Å². The molecule has 28 heavy (non-hydrogen) atoms. The normalized spacial score (nSPS) is 16.8. The first-order valence-corrected chi connectivity index (χ1v) is 10.5. The Morgan fingerprint density at radius 3 is 2.89 bits per heavy atom. The third-order valence-corrected chi connectivity index (χ3v) is 5.91. The molecule has 1 saturated heterocycles. The second-order valence-corrected chi connectivity index (χ2v) is 8.43. The summed E-state index contributed by atoms with van der Waals surface area (Å²) in [5.41, 5.74) is 3.16. The van der Waals surface area contributed by atoms with Crippen molar-refractivity contribution in [1.82, 2.24) is 20.1 Å². The molecule has 1 aliphatic heterocycles. The van der Waals surface area contributed by atoms with Crippen molar-refractivity contribution < 1.29 is 9.59 Å². The summed E-state index contributed by atoms with van der Waals surface area (Å²) in [6.07, 6.45) is 1.23. The van der Waals surface area contributed by atoms with E-state index in [9.17, 15) is 9.59 Å². The lowest BCUT2D eigenvalue weighted by molar-refractivity contribution is -0.129. The summed E-state index contributed by atoms with van der Waals surface area (Å²) in [4.78, 5) is 33.2. The topological polar surface area (TPSA) is 65.5 Å². The standard InChI is InChI=1S/C21H28N4O2S/c1-15-7-4-5-8-18(15)21-23-17(14-28-21)12-22-20(27)16-11-19(26)25(13-16)10-6-9-24(2)3/h4-5,7-8,14,16H,6,9-13H2,1-3H3,(H,22,27). The molecule has 1 unspecified atom stereocenters. The van der Waals surface area contributed by atoms with Crippen LogP contribution < -0.4 is 5.32 Å². The quantitative estimate of drug-likeness (QED) is 0.740. The van der Waals surface area contributed by atoms with E-state index in [1.54, 1.807) is 11.3 Å². The van der Waals surface area contributed by atoms with Gasteiger partial charge >= 0.3 is 0 Å². The van der Waals surface area contributed by atoms with Crippen molar-refractivity contribution in [3.8, 4) is 10.6 Å². The molecule has 1 atom stereocenters. The molecule has 2 amide bonds. The van der Waals surface area contributed by atoms with Gasteiger partial charge in [0.25, 0.3) is 0 Å². The minimum atomic E-state index is -0.263. The highest BCUT2D eigenvalue weighted by Crippen LogP contribution is 2.26. The number of nitrogens with zero attached hydrogens (tertiary/aromatic N) is 3. The molecule has 0 radical (unpaired) electrons. The van der Waals surface area contributed by atoms with Crippen LogP contribution >= 0.6 is 11.3 Å². The zero-order valence-electron chi connectivity index (χ0n) is 16.8. The molecule has 3 rings (SSSR count). The number of aryl methyl sites for hydroxylation is 1. The number of carbonyl (C=O) groups excluding carboxylic acids is 2. The van der Waals surface area contributed by atoms with Crippen molar-refractivity contribution in [1.29, 1.82) is 0 Å². The van der Waals surface area contributed by atoms with E-state index in [0.717, 1.165) is 29.2 Å². The van der Waals surface area contributed by atoms with Crippen LogP contribution in [-0.2, 0) is 16.1 Å². The fraction of sp³-hybridized carbons (Fsp3) is 0.476. The van der Waals surface area contributed by atoms with E-state index >= 15 is 0 Å². The van der Waals surface area contributed by atoms with Gasteiger partial charge in [0.1, 0.15) is 5.01 Å². The average molecular weight is 401 g/mol. The van der Waals surface area contributed by atoms with Crippen LogP contribution in [0.1, 0.15) is 24.1 Å². The Morgan fingerprint density at radius 1 is 1.36 bits per heavy atom. The predicted molar refractivity (Wildman–Crippen MR) is 112 cm³/mol. The summed E-state index contributed by atoms with van der Waals surface area (Å²) < 4.78 is 0. The summed E-state index contributed by atoms with van der Waals surface area (Å²) >= 11 is 1.58. The third-order valence-electron chi connectivity index (χ3n) is 4.99. The van der Waals surface area contributed by atoms with Gasteiger partial charge in [0, 0.05) is 30.5 Å². The Bertz CT molecular complexity index is 833. The maximum atomic E-state index is 12.5. The number of nitrogens with one attached hydrogen (secondary N) is 1. The number of likely N-dealkylation sites (tertiary alicyclic amines) is 1. The lowest BCUT2D eigenvalue weighted by Gasteiger charge is -2.18. The number of benzene rings is 1. The zero-order chi connectivity index (χ0) is 20.1. The monoisotopic (exact) mass is 400 g/mol. The van der Waals surface area contributed by atoms with Crippen LogP contribution in [0.2, 0.25) is 0 Å².